The second kappa shape index (κ2) is 9.12. The molecule has 0 spiro atoms. The number of terminal acetylenes is 1. The Kier molecular flexibility index (Phi) is 6.69. The van der Waals surface area contributed by atoms with E-state index in [1.807, 2.05) is 0 Å². The number of thioether (sulfide) groups is 1. The zero-order valence-corrected chi connectivity index (χ0v) is 18.7. The quantitative estimate of drug-likeness (QED) is 0.640. The smallest absolute Gasteiger partial charge is 0.276 e. The molecule has 1 aliphatic rings. The lowest BCUT2D eigenvalue weighted by Crippen LogP contribution is -2.41. The van der Waals surface area contributed by atoms with Gasteiger partial charge in [-0.3, -0.25) is 9.79 Å². The minimum atomic E-state index is -1.09. The Bertz CT molecular complexity index is 1120. The van der Waals surface area contributed by atoms with E-state index in [2.05, 4.69) is 26.2 Å². The van der Waals surface area contributed by atoms with Crippen LogP contribution in [0.5, 0.6) is 5.88 Å². The van der Waals surface area contributed by atoms with Crippen molar-refractivity contribution in [3.05, 3.63) is 47.2 Å². The Morgan fingerprint density at radius 2 is 2.19 bits per heavy atom. The van der Waals surface area contributed by atoms with E-state index >= 15 is 0 Å². The maximum Gasteiger partial charge on any atom is 0.276 e. The van der Waals surface area contributed by atoms with Gasteiger partial charge < -0.3 is 15.8 Å². The number of aliphatic imine (C=N–C) groups is 1. The van der Waals surface area contributed by atoms with Crippen LogP contribution in [0.2, 0.25) is 0 Å². The van der Waals surface area contributed by atoms with E-state index in [9.17, 15) is 13.6 Å². The van der Waals surface area contributed by atoms with Crippen LogP contribution in [0.15, 0.2) is 29.4 Å². The number of aromatic nitrogens is 2. The second-order valence-electron chi connectivity index (χ2n) is 7.87. The van der Waals surface area contributed by atoms with E-state index in [-0.39, 0.29) is 35.3 Å². The van der Waals surface area contributed by atoms with Gasteiger partial charge in [-0.05, 0) is 45.4 Å². The molecule has 1 aromatic carbocycles. The van der Waals surface area contributed by atoms with Crippen LogP contribution in [0.25, 0.3) is 0 Å². The lowest BCUT2D eigenvalue weighted by atomic mass is 9.83. The molecule has 0 bridgehead atoms. The van der Waals surface area contributed by atoms with Crippen molar-refractivity contribution in [1.29, 1.82) is 0 Å². The summed E-state index contributed by atoms with van der Waals surface area (Å²) in [4.78, 5) is 25.4. The summed E-state index contributed by atoms with van der Waals surface area (Å²) in [6.07, 6.45) is 6.68. The number of ether oxygens (including phenoxy) is 1. The zero-order valence-electron chi connectivity index (χ0n) is 17.9. The molecular weight excluding hydrogens is 436 g/mol. The monoisotopic (exact) mass is 459 g/mol. The highest BCUT2D eigenvalue weighted by molar-refractivity contribution is 8.15. The maximum atomic E-state index is 14.8. The first-order valence-electron chi connectivity index (χ1n) is 9.71. The maximum absolute atomic E-state index is 14.8. The number of benzene rings is 1. The molecule has 2 heterocycles. The second-order valence-corrected chi connectivity index (χ2v) is 9.48. The van der Waals surface area contributed by atoms with E-state index in [0.717, 1.165) is 11.8 Å². The van der Waals surface area contributed by atoms with E-state index in [4.69, 9.17) is 16.9 Å². The van der Waals surface area contributed by atoms with Gasteiger partial charge in [-0.15, -0.1) is 6.42 Å². The summed E-state index contributed by atoms with van der Waals surface area (Å²) >= 11 is 1.14. The van der Waals surface area contributed by atoms with Crippen molar-refractivity contribution >= 4 is 28.5 Å². The summed E-state index contributed by atoms with van der Waals surface area (Å²) in [6, 6.07) is 4.13. The van der Waals surface area contributed by atoms with Gasteiger partial charge in [-0.2, -0.15) is 0 Å². The molecule has 1 amide bonds. The molecule has 0 saturated heterocycles. The van der Waals surface area contributed by atoms with Gasteiger partial charge >= 0.3 is 0 Å². The average molecular weight is 460 g/mol. The molecule has 2 aromatic rings. The first-order chi connectivity index (χ1) is 15.1. The third kappa shape index (κ3) is 4.99. The molecule has 0 unspecified atom stereocenters. The highest BCUT2D eigenvalue weighted by Gasteiger charge is 2.43. The highest BCUT2D eigenvalue weighted by atomic mass is 32.2. The predicted molar refractivity (Wildman–Crippen MR) is 121 cm³/mol. The van der Waals surface area contributed by atoms with Gasteiger partial charge in [-0.25, -0.2) is 18.7 Å². The highest BCUT2D eigenvalue weighted by Crippen LogP contribution is 2.46. The fraction of sp³-hybridized carbons (Fsp3) is 0.364. The number of aryl methyl sites for hydroxylation is 1. The van der Waals surface area contributed by atoms with Crippen molar-refractivity contribution in [2.24, 2.45) is 10.7 Å². The number of anilines is 1. The van der Waals surface area contributed by atoms with Crippen molar-refractivity contribution in [2.75, 3.05) is 18.6 Å². The van der Waals surface area contributed by atoms with Gasteiger partial charge in [0, 0.05) is 11.3 Å². The Morgan fingerprint density at radius 1 is 1.44 bits per heavy atom. The summed E-state index contributed by atoms with van der Waals surface area (Å²) in [5, 5.41) is 2.88. The number of hydrogen-bond acceptors (Lipinski definition) is 7. The number of halogens is 2. The standard InChI is InChI=1S/C22H23F2N5O2S/c1-5-8-31-17-10-26-18(13(2)27-17)19(30)28-14-6-7-16(24)15(9-14)22(4)11-21(3,12-23)32-20(25)29-22/h1,6-7,9-10H,8,11-12H2,2-4H3,(H2,25,29)(H,28,30)/t21-,22+/m1/s1. The first-order valence-corrected chi connectivity index (χ1v) is 10.5. The zero-order chi connectivity index (χ0) is 23.5. The number of nitrogens with zero attached hydrogens (tertiary/aromatic N) is 3. The molecule has 0 radical (unpaired) electrons. The Balaban J connectivity index is 1.87. The molecule has 2 atom stereocenters. The van der Waals surface area contributed by atoms with E-state index in [1.54, 1.807) is 20.8 Å². The summed E-state index contributed by atoms with van der Waals surface area (Å²) in [5.41, 5.74) is 5.79. The molecule has 10 heteroatoms. The molecule has 0 fully saturated rings. The number of carbonyl (C=O) groups is 1. The number of hydrogen-bond donors (Lipinski definition) is 2. The van der Waals surface area contributed by atoms with Crippen LogP contribution in [-0.2, 0) is 5.54 Å². The van der Waals surface area contributed by atoms with E-state index < -0.39 is 28.7 Å². The van der Waals surface area contributed by atoms with Crippen molar-refractivity contribution < 1.29 is 18.3 Å². The minimum absolute atomic E-state index is 0.0315. The Morgan fingerprint density at radius 3 is 2.84 bits per heavy atom. The summed E-state index contributed by atoms with van der Waals surface area (Å²) in [5.74, 6) is 1.46. The van der Waals surface area contributed by atoms with Crippen LogP contribution >= 0.6 is 11.8 Å². The Hall–Kier alpha value is -3.19. The predicted octanol–water partition coefficient (Wildman–Crippen LogP) is 3.58. The van der Waals surface area contributed by atoms with E-state index in [0.29, 0.717) is 11.4 Å². The third-order valence-corrected chi connectivity index (χ3v) is 6.00. The molecule has 3 N–H and O–H groups in total. The van der Waals surface area contributed by atoms with Crippen LogP contribution < -0.4 is 15.8 Å². The van der Waals surface area contributed by atoms with Crippen LogP contribution in [0.3, 0.4) is 0 Å². The summed E-state index contributed by atoms with van der Waals surface area (Å²) in [6.45, 7) is 4.42. The van der Waals surface area contributed by atoms with Gasteiger partial charge in [0.15, 0.2) is 11.8 Å². The van der Waals surface area contributed by atoms with Gasteiger partial charge in [0.25, 0.3) is 5.91 Å². The Labute approximate surface area is 189 Å². The topological polar surface area (TPSA) is 102 Å². The molecule has 0 aliphatic carbocycles. The van der Waals surface area contributed by atoms with Crippen LogP contribution in [0.4, 0.5) is 14.5 Å². The van der Waals surface area contributed by atoms with Crippen molar-refractivity contribution in [3.63, 3.8) is 0 Å². The van der Waals surface area contributed by atoms with Gasteiger partial charge in [0.1, 0.15) is 18.2 Å². The number of alkyl halides is 1. The first kappa shape index (κ1) is 23.5. The van der Waals surface area contributed by atoms with Crippen LogP contribution in [0.1, 0.15) is 42.0 Å². The van der Waals surface area contributed by atoms with Crippen molar-refractivity contribution in [1.82, 2.24) is 9.97 Å². The lowest BCUT2D eigenvalue weighted by Gasteiger charge is -2.39. The van der Waals surface area contributed by atoms with Crippen LogP contribution in [0, 0.1) is 25.1 Å². The molecule has 168 valence electrons. The molecule has 0 saturated carbocycles. The molecule has 3 rings (SSSR count). The largest absolute Gasteiger partial charge is 0.463 e. The SMILES string of the molecule is C#CCOc1cnc(C(=O)Nc2ccc(F)c([C@]3(C)C[C@](C)(CF)SC(N)=N3)c2)c(C)n1. The number of nitrogens with two attached hydrogens (primary N) is 1. The van der Waals surface area contributed by atoms with Crippen molar-refractivity contribution in [3.8, 4) is 18.2 Å². The number of rotatable bonds is 6. The summed E-state index contributed by atoms with van der Waals surface area (Å²) in [7, 11) is 0. The third-order valence-electron chi connectivity index (χ3n) is 4.96. The number of carbonyl (C=O) groups excluding carboxylic acids is 1. The molecule has 32 heavy (non-hydrogen) atoms. The number of amides is 1. The number of nitrogens with one attached hydrogen (secondary N) is 1. The normalized spacial score (nSPS) is 22.6. The van der Waals surface area contributed by atoms with Gasteiger partial charge in [0.2, 0.25) is 5.88 Å². The van der Waals surface area contributed by atoms with E-state index in [1.165, 1.54) is 24.4 Å². The molecule has 1 aromatic heterocycles. The molecule has 1 aliphatic heterocycles. The molecular formula is C22H23F2N5O2S. The van der Waals surface area contributed by atoms with Gasteiger partial charge in [-0.1, -0.05) is 17.7 Å². The number of amidine groups is 1. The van der Waals surface area contributed by atoms with Gasteiger partial charge in [0.05, 0.1) is 22.2 Å². The fourth-order valence-electron chi connectivity index (χ4n) is 3.63. The molecule has 7 nitrogen and oxygen atoms in total. The lowest BCUT2D eigenvalue weighted by molar-refractivity contribution is 0.102. The summed E-state index contributed by atoms with van der Waals surface area (Å²) < 4.78 is 32.8. The van der Waals surface area contributed by atoms with Crippen LogP contribution in [-0.4, -0.2) is 39.1 Å². The fourth-order valence-corrected chi connectivity index (χ4v) is 4.79. The minimum Gasteiger partial charge on any atom is -0.463 e. The average Bonchev–Trinajstić information content (AvgIpc) is 2.72. The van der Waals surface area contributed by atoms with Crippen molar-refractivity contribution in [2.45, 2.75) is 37.5 Å².